The number of hydrogen-bond acceptors (Lipinski definition) is 6. The largest absolute Gasteiger partial charge is 0.356 e. The number of nitrogens with zero attached hydrogens (tertiary/aromatic N) is 5. The Morgan fingerprint density at radius 3 is 2.37 bits per heavy atom. The molecule has 1 aliphatic rings. The first kappa shape index (κ1) is 24.3. The SMILES string of the molecule is CN=C(NCCCS(=O)(=O)Cc1ccccc1)N1CCN(c2ncccn2)CC1.I. The molecule has 0 unspecified atom stereocenters. The van der Waals surface area contributed by atoms with E-state index in [1.54, 1.807) is 19.4 Å². The van der Waals surface area contributed by atoms with Crippen LogP contribution < -0.4 is 10.2 Å². The van der Waals surface area contributed by atoms with Gasteiger partial charge in [-0.1, -0.05) is 30.3 Å². The predicted octanol–water partition coefficient (Wildman–Crippen LogP) is 1.80. The molecule has 0 bridgehead atoms. The van der Waals surface area contributed by atoms with Crippen LogP contribution in [0.4, 0.5) is 5.95 Å². The normalized spacial score (nSPS) is 14.9. The number of benzene rings is 1. The van der Waals surface area contributed by atoms with Crippen molar-refractivity contribution in [2.75, 3.05) is 50.4 Å². The van der Waals surface area contributed by atoms with Crippen LogP contribution in [-0.4, -0.2) is 74.8 Å². The Morgan fingerprint density at radius 2 is 1.73 bits per heavy atom. The van der Waals surface area contributed by atoms with E-state index in [4.69, 9.17) is 0 Å². The highest BCUT2D eigenvalue weighted by Gasteiger charge is 2.21. The molecule has 2 aromatic rings. The van der Waals surface area contributed by atoms with Crippen molar-refractivity contribution in [3.05, 3.63) is 54.4 Å². The lowest BCUT2D eigenvalue weighted by Gasteiger charge is -2.36. The number of sulfone groups is 1. The standard InChI is InChI=1S/C20H28N6O2S.HI/c1-21-19(25-12-14-26(15-13-25)20-23-9-5-10-24-20)22-11-6-16-29(27,28)17-18-7-3-2-4-8-18;/h2-5,7-10H,6,11-17H2,1H3,(H,21,22);1H. The van der Waals surface area contributed by atoms with Crippen molar-refractivity contribution in [3.8, 4) is 0 Å². The second-order valence-electron chi connectivity index (χ2n) is 6.93. The first-order valence-corrected chi connectivity index (χ1v) is 11.6. The van der Waals surface area contributed by atoms with Crippen LogP contribution in [0.5, 0.6) is 0 Å². The molecule has 1 fully saturated rings. The summed E-state index contributed by atoms with van der Waals surface area (Å²) in [4.78, 5) is 17.3. The highest BCUT2D eigenvalue weighted by atomic mass is 127. The number of nitrogens with one attached hydrogen (secondary N) is 1. The summed E-state index contributed by atoms with van der Waals surface area (Å²) in [7, 11) is -1.36. The number of aliphatic imine (C=N–C) groups is 1. The van der Waals surface area contributed by atoms with Gasteiger partial charge in [-0.15, -0.1) is 24.0 Å². The summed E-state index contributed by atoms with van der Waals surface area (Å²) in [6.07, 6.45) is 4.05. The number of rotatable bonds is 7. The third-order valence-electron chi connectivity index (χ3n) is 4.77. The molecule has 8 nitrogen and oxygen atoms in total. The van der Waals surface area contributed by atoms with Crippen LogP contribution >= 0.6 is 24.0 Å². The average Bonchev–Trinajstić information content (AvgIpc) is 2.75. The molecular weight excluding hydrogens is 515 g/mol. The van der Waals surface area contributed by atoms with Gasteiger partial charge in [-0.2, -0.15) is 0 Å². The summed E-state index contributed by atoms with van der Waals surface area (Å²) in [5.41, 5.74) is 0.830. The Kier molecular flexibility index (Phi) is 9.76. The molecule has 0 radical (unpaired) electrons. The van der Waals surface area contributed by atoms with E-state index in [0.29, 0.717) is 13.0 Å². The third kappa shape index (κ3) is 7.38. The van der Waals surface area contributed by atoms with E-state index in [2.05, 4.69) is 30.1 Å². The van der Waals surface area contributed by atoms with E-state index in [1.807, 2.05) is 36.4 Å². The van der Waals surface area contributed by atoms with Gasteiger partial charge in [-0.25, -0.2) is 18.4 Å². The Balaban J connectivity index is 0.00000320. The highest BCUT2D eigenvalue weighted by Crippen LogP contribution is 2.10. The maximum atomic E-state index is 12.3. The van der Waals surface area contributed by atoms with Gasteiger partial charge in [-0.05, 0) is 18.1 Å². The maximum absolute atomic E-state index is 12.3. The van der Waals surface area contributed by atoms with Gasteiger partial charge in [-0.3, -0.25) is 4.99 Å². The Morgan fingerprint density at radius 1 is 1.07 bits per heavy atom. The Hall–Kier alpha value is -1.95. The topological polar surface area (TPSA) is 90.8 Å². The quantitative estimate of drug-likeness (QED) is 0.246. The lowest BCUT2D eigenvalue weighted by atomic mass is 10.2. The Labute approximate surface area is 195 Å². The monoisotopic (exact) mass is 544 g/mol. The van der Waals surface area contributed by atoms with Gasteiger partial charge in [0.05, 0.1) is 11.5 Å². The molecule has 1 aromatic heterocycles. The summed E-state index contributed by atoms with van der Waals surface area (Å²) < 4.78 is 24.6. The van der Waals surface area contributed by atoms with E-state index >= 15 is 0 Å². The summed E-state index contributed by atoms with van der Waals surface area (Å²) in [5.74, 6) is 1.80. The molecule has 1 aromatic carbocycles. The lowest BCUT2D eigenvalue weighted by molar-refractivity contribution is 0.370. The molecule has 30 heavy (non-hydrogen) atoms. The molecule has 2 heterocycles. The van der Waals surface area contributed by atoms with Crippen LogP contribution in [0, 0.1) is 0 Å². The number of anilines is 1. The van der Waals surface area contributed by atoms with Gasteiger partial charge in [0.2, 0.25) is 5.95 Å². The van der Waals surface area contributed by atoms with Gasteiger partial charge < -0.3 is 15.1 Å². The van der Waals surface area contributed by atoms with Crippen LogP contribution in [0.2, 0.25) is 0 Å². The fourth-order valence-corrected chi connectivity index (χ4v) is 4.73. The zero-order valence-corrected chi connectivity index (χ0v) is 20.3. The molecule has 1 aliphatic heterocycles. The van der Waals surface area contributed by atoms with Crippen LogP contribution in [0.3, 0.4) is 0 Å². The molecule has 1 saturated heterocycles. The lowest BCUT2D eigenvalue weighted by Crippen LogP contribution is -2.53. The van der Waals surface area contributed by atoms with Gasteiger partial charge in [0.25, 0.3) is 0 Å². The molecule has 10 heteroatoms. The van der Waals surface area contributed by atoms with Gasteiger partial charge in [0, 0.05) is 52.2 Å². The first-order chi connectivity index (χ1) is 14.1. The van der Waals surface area contributed by atoms with Crippen molar-refractivity contribution < 1.29 is 8.42 Å². The number of aromatic nitrogens is 2. The Bertz CT molecular complexity index is 888. The van der Waals surface area contributed by atoms with E-state index < -0.39 is 9.84 Å². The first-order valence-electron chi connectivity index (χ1n) is 9.79. The van der Waals surface area contributed by atoms with E-state index in [-0.39, 0.29) is 35.5 Å². The number of halogens is 1. The molecule has 0 saturated carbocycles. The highest BCUT2D eigenvalue weighted by molar-refractivity contribution is 14.0. The van der Waals surface area contributed by atoms with Gasteiger partial charge >= 0.3 is 0 Å². The number of piperazine rings is 1. The minimum absolute atomic E-state index is 0. The van der Waals surface area contributed by atoms with E-state index in [1.165, 1.54) is 0 Å². The summed E-state index contributed by atoms with van der Waals surface area (Å²) in [5, 5.41) is 3.29. The van der Waals surface area contributed by atoms with Crippen molar-refractivity contribution in [2.24, 2.45) is 4.99 Å². The molecular formula is C20H29IN6O2S. The zero-order valence-electron chi connectivity index (χ0n) is 17.1. The van der Waals surface area contributed by atoms with Crippen molar-refractivity contribution in [1.29, 1.82) is 0 Å². The number of guanidine groups is 1. The van der Waals surface area contributed by atoms with E-state index in [0.717, 1.165) is 43.7 Å². The second kappa shape index (κ2) is 12.0. The van der Waals surface area contributed by atoms with Crippen LogP contribution in [0.1, 0.15) is 12.0 Å². The number of hydrogen-bond donors (Lipinski definition) is 1. The predicted molar refractivity (Wildman–Crippen MR) is 131 cm³/mol. The van der Waals surface area contributed by atoms with Crippen LogP contribution in [0.25, 0.3) is 0 Å². The van der Waals surface area contributed by atoms with Crippen molar-refractivity contribution in [3.63, 3.8) is 0 Å². The molecule has 3 rings (SSSR count). The van der Waals surface area contributed by atoms with Crippen molar-refractivity contribution in [2.45, 2.75) is 12.2 Å². The summed E-state index contributed by atoms with van der Waals surface area (Å²) in [6, 6.07) is 11.1. The second-order valence-corrected chi connectivity index (χ2v) is 9.11. The van der Waals surface area contributed by atoms with Crippen LogP contribution in [0.15, 0.2) is 53.8 Å². The fraction of sp³-hybridized carbons (Fsp3) is 0.450. The van der Waals surface area contributed by atoms with Crippen molar-refractivity contribution in [1.82, 2.24) is 20.2 Å². The smallest absolute Gasteiger partial charge is 0.225 e. The summed E-state index contributed by atoms with van der Waals surface area (Å²) in [6.45, 7) is 3.82. The molecule has 0 amide bonds. The summed E-state index contributed by atoms with van der Waals surface area (Å²) >= 11 is 0. The maximum Gasteiger partial charge on any atom is 0.225 e. The molecule has 0 aliphatic carbocycles. The molecule has 1 N–H and O–H groups in total. The zero-order chi connectivity index (χ0) is 20.5. The van der Waals surface area contributed by atoms with Gasteiger partial charge in [0.15, 0.2) is 15.8 Å². The van der Waals surface area contributed by atoms with Gasteiger partial charge in [0.1, 0.15) is 0 Å². The minimum atomic E-state index is -3.12. The molecule has 164 valence electrons. The molecule has 0 spiro atoms. The average molecular weight is 544 g/mol. The molecule has 0 atom stereocenters. The minimum Gasteiger partial charge on any atom is -0.356 e. The van der Waals surface area contributed by atoms with Crippen molar-refractivity contribution >= 4 is 45.7 Å². The fourth-order valence-electron chi connectivity index (χ4n) is 3.30. The van der Waals surface area contributed by atoms with E-state index in [9.17, 15) is 8.42 Å². The third-order valence-corrected chi connectivity index (χ3v) is 6.45. The van der Waals surface area contributed by atoms with Crippen LogP contribution in [-0.2, 0) is 15.6 Å².